The highest BCUT2D eigenvalue weighted by Crippen LogP contribution is 2.20. The third-order valence-electron chi connectivity index (χ3n) is 3.87. The Morgan fingerprint density at radius 2 is 2.11 bits per heavy atom. The molecule has 1 atom stereocenters. The van der Waals surface area contributed by atoms with Crippen molar-refractivity contribution < 1.29 is 0 Å². The molecule has 1 heterocycles. The highest BCUT2D eigenvalue weighted by molar-refractivity contribution is 6.30. The number of halogens is 1. The number of hydrogen-bond donors (Lipinski definition) is 1. The molecule has 1 aromatic carbocycles. The summed E-state index contributed by atoms with van der Waals surface area (Å²) in [5.41, 5.74) is 1.28. The van der Waals surface area contributed by atoms with Gasteiger partial charge < -0.3 is 10.2 Å². The molecule has 2 nitrogen and oxygen atoms in total. The average molecular weight is 267 g/mol. The van der Waals surface area contributed by atoms with Crippen LogP contribution in [0, 0.1) is 0 Å². The van der Waals surface area contributed by atoms with Crippen LogP contribution in [0.3, 0.4) is 0 Å². The molecule has 1 N–H and O–H groups in total. The highest BCUT2D eigenvalue weighted by atomic mass is 35.5. The quantitative estimate of drug-likeness (QED) is 0.898. The second-order valence-corrected chi connectivity index (χ2v) is 5.59. The first-order chi connectivity index (χ1) is 8.69. The molecule has 2 rings (SSSR count). The standard InChI is InChI=1S/C15H23ClN2/c1-3-18-9-7-15(8-10-18)17-12(2)13-5-4-6-14(16)11-13/h4-6,11-12,15,17H,3,7-10H2,1-2H3/t12-/m0/s1. The number of hydrogen-bond acceptors (Lipinski definition) is 2. The van der Waals surface area contributed by atoms with Crippen LogP contribution >= 0.6 is 11.6 Å². The Bertz CT molecular complexity index is 373. The summed E-state index contributed by atoms with van der Waals surface area (Å²) in [4.78, 5) is 2.52. The van der Waals surface area contributed by atoms with Gasteiger partial charge in [-0.1, -0.05) is 30.7 Å². The summed E-state index contributed by atoms with van der Waals surface area (Å²) in [5, 5.41) is 4.54. The van der Waals surface area contributed by atoms with E-state index in [1.54, 1.807) is 0 Å². The Morgan fingerprint density at radius 3 is 2.72 bits per heavy atom. The van der Waals surface area contributed by atoms with Crippen molar-refractivity contribution in [2.24, 2.45) is 0 Å². The normalized spacial score (nSPS) is 19.9. The van der Waals surface area contributed by atoms with E-state index in [9.17, 15) is 0 Å². The predicted molar refractivity (Wildman–Crippen MR) is 78.1 cm³/mol. The molecular formula is C15H23ClN2. The summed E-state index contributed by atoms with van der Waals surface area (Å²) >= 11 is 6.04. The van der Waals surface area contributed by atoms with Crippen LogP contribution in [0.15, 0.2) is 24.3 Å². The van der Waals surface area contributed by atoms with Crippen molar-refractivity contribution in [3.63, 3.8) is 0 Å². The second-order valence-electron chi connectivity index (χ2n) is 5.15. The first-order valence-corrected chi connectivity index (χ1v) is 7.30. The molecule has 0 aliphatic carbocycles. The molecule has 0 amide bonds. The Balaban J connectivity index is 1.86. The monoisotopic (exact) mass is 266 g/mol. The first-order valence-electron chi connectivity index (χ1n) is 6.93. The molecule has 18 heavy (non-hydrogen) atoms. The number of nitrogens with zero attached hydrogens (tertiary/aromatic N) is 1. The number of rotatable bonds is 4. The molecule has 1 aliphatic heterocycles. The van der Waals surface area contributed by atoms with E-state index in [0.717, 1.165) is 5.02 Å². The van der Waals surface area contributed by atoms with Gasteiger partial charge in [0.25, 0.3) is 0 Å². The lowest BCUT2D eigenvalue weighted by atomic mass is 10.0. The lowest BCUT2D eigenvalue weighted by Gasteiger charge is -2.33. The minimum atomic E-state index is 0.377. The SMILES string of the molecule is CCN1CCC(N[C@@H](C)c2cccc(Cl)c2)CC1. The average Bonchev–Trinajstić information content (AvgIpc) is 2.39. The Kier molecular flexibility index (Phi) is 5.04. The third-order valence-corrected chi connectivity index (χ3v) is 4.10. The smallest absolute Gasteiger partial charge is 0.0409 e. The van der Waals surface area contributed by atoms with Gasteiger partial charge in [-0.3, -0.25) is 0 Å². The largest absolute Gasteiger partial charge is 0.307 e. The fourth-order valence-corrected chi connectivity index (χ4v) is 2.84. The second kappa shape index (κ2) is 6.55. The van der Waals surface area contributed by atoms with E-state index in [2.05, 4.69) is 36.2 Å². The van der Waals surface area contributed by atoms with Crippen LogP contribution in [-0.4, -0.2) is 30.6 Å². The zero-order valence-corrected chi connectivity index (χ0v) is 12.1. The molecule has 0 bridgehead atoms. The van der Waals surface area contributed by atoms with E-state index >= 15 is 0 Å². The number of benzene rings is 1. The lowest BCUT2D eigenvalue weighted by Crippen LogP contribution is -2.43. The van der Waals surface area contributed by atoms with Crippen molar-refractivity contribution in [2.75, 3.05) is 19.6 Å². The fraction of sp³-hybridized carbons (Fsp3) is 0.600. The topological polar surface area (TPSA) is 15.3 Å². The molecule has 0 aromatic heterocycles. The summed E-state index contributed by atoms with van der Waals surface area (Å²) in [6.45, 7) is 8.07. The molecule has 1 fully saturated rings. The molecule has 0 radical (unpaired) electrons. The summed E-state index contributed by atoms with van der Waals surface area (Å²) < 4.78 is 0. The minimum absolute atomic E-state index is 0.377. The fourth-order valence-electron chi connectivity index (χ4n) is 2.64. The van der Waals surface area contributed by atoms with Gasteiger partial charge in [-0.25, -0.2) is 0 Å². The van der Waals surface area contributed by atoms with Crippen LogP contribution in [0.1, 0.15) is 38.3 Å². The van der Waals surface area contributed by atoms with Gasteiger partial charge in [0.05, 0.1) is 0 Å². The van der Waals surface area contributed by atoms with Crippen LogP contribution in [0.5, 0.6) is 0 Å². The van der Waals surface area contributed by atoms with Crippen molar-refractivity contribution in [3.05, 3.63) is 34.9 Å². The van der Waals surface area contributed by atoms with E-state index in [-0.39, 0.29) is 0 Å². The van der Waals surface area contributed by atoms with Crippen molar-refractivity contribution in [3.8, 4) is 0 Å². The van der Waals surface area contributed by atoms with Gasteiger partial charge in [0.15, 0.2) is 0 Å². The minimum Gasteiger partial charge on any atom is -0.307 e. The van der Waals surface area contributed by atoms with E-state index in [4.69, 9.17) is 11.6 Å². The zero-order chi connectivity index (χ0) is 13.0. The van der Waals surface area contributed by atoms with Crippen LogP contribution in [0.2, 0.25) is 5.02 Å². The zero-order valence-electron chi connectivity index (χ0n) is 11.3. The number of piperidine rings is 1. The Morgan fingerprint density at radius 1 is 1.39 bits per heavy atom. The van der Waals surface area contributed by atoms with E-state index in [0.29, 0.717) is 12.1 Å². The van der Waals surface area contributed by atoms with Gasteiger partial charge in [-0.15, -0.1) is 0 Å². The Labute approximate surface area is 115 Å². The molecule has 3 heteroatoms. The van der Waals surface area contributed by atoms with Crippen molar-refractivity contribution >= 4 is 11.6 Å². The van der Waals surface area contributed by atoms with Crippen molar-refractivity contribution in [1.29, 1.82) is 0 Å². The molecule has 1 aliphatic rings. The molecular weight excluding hydrogens is 244 g/mol. The van der Waals surface area contributed by atoms with Gasteiger partial charge in [0.2, 0.25) is 0 Å². The predicted octanol–water partition coefficient (Wildman–Crippen LogP) is 3.47. The van der Waals surface area contributed by atoms with E-state index in [1.807, 2.05) is 12.1 Å². The molecule has 0 unspecified atom stereocenters. The third kappa shape index (κ3) is 3.71. The van der Waals surface area contributed by atoms with Crippen molar-refractivity contribution in [1.82, 2.24) is 10.2 Å². The Hall–Kier alpha value is -0.570. The maximum absolute atomic E-state index is 6.04. The van der Waals surface area contributed by atoms with Gasteiger partial charge in [-0.2, -0.15) is 0 Å². The molecule has 100 valence electrons. The molecule has 1 saturated heterocycles. The van der Waals surface area contributed by atoms with Crippen LogP contribution in [-0.2, 0) is 0 Å². The van der Waals surface area contributed by atoms with Gasteiger partial charge in [0.1, 0.15) is 0 Å². The van der Waals surface area contributed by atoms with E-state index < -0.39 is 0 Å². The molecule has 1 aromatic rings. The number of likely N-dealkylation sites (tertiary alicyclic amines) is 1. The maximum atomic E-state index is 6.04. The highest BCUT2D eigenvalue weighted by Gasteiger charge is 2.19. The first kappa shape index (κ1) is 13.9. The van der Waals surface area contributed by atoms with Crippen molar-refractivity contribution in [2.45, 2.75) is 38.8 Å². The molecule has 0 saturated carbocycles. The summed E-state index contributed by atoms with van der Waals surface area (Å²) in [5.74, 6) is 0. The van der Waals surface area contributed by atoms with Gasteiger partial charge >= 0.3 is 0 Å². The van der Waals surface area contributed by atoms with Gasteiger partial charge in [-0.05, 0) is 57.1 Å². The molecule has 0 spiro atoms. The summed E-state index contributed by atoms with van der Waals surface area (Å²) in [7, 11) is 0. The summed E-state index contributed by atoms with van der Waals surface area (Å²) in [6.07, 6.45) is 2.50. The van der Waals surface area contributed by atoms with Gasteiger partial charge in [0, 0.05) is 17.1 Å². The van der Waals surface area contributed by atoms with E-state index in [1.165, 1.54) is 38.0 Å². The van der Waals surface area contributed by atoms with Crippen LogP contribution in [0.4, 0.5) is 0 Å². The summed E-state index contributed by atoms with van der Waals surface area (Å²) in [6, 6.07) is 9.17. The lowest BCUT2D eigenvalue weighted by molar-refractivity contribution is 0.200. The number of nitrogens with one attached hydrogen (secondary N) is 1. The maximum Gasteiger partial charge on any atom is 0.0409 e. The van der Waals surface area contributed by atoms with Crippen LogP contribution in [0.25, 0.3) is 0 Å². The van der Waals surface area contributed by atoms with Crippen LogP contribution < -0.4 is 5.32 Å².